The van der Waals surface area contributed by atoms with Crippen molar-refractivity contribution in [3.8, 4) is 0 Å². The fourth-order valence-electron chi connectivity index (χ4n) is 3.58. The number of aliphatic hydroxyl groups excluding tert-OH is 1. The highest BCUT2D eigenvalue weighted by atomic mass is 16.5. The monoisotopic (exact) mass is 384 g/mol. The van der Waals surface area contributed by atoms with Gasteiger partial charge in [0.1, 0.15) is 6.61 Å². The predicted octanol–water partition coefficient (Wildman–Crippen LogP) is 7.34. The molecular formula is C24H48O3. The molecule has 0 aromatic rings. The molecule has 162 valence electrons. The van der Waals surface area contributed by atoms with Gasteiger partial charge in [-0.05, 0) is 6.42 Å². The van der Waals surface area contributed by atoms with E-state index in [9.17, 15) is 4.79 Å². The molecule has 0 aromatic carbocycles. The standard InChI is InChI=1S/C24H48O3/c1-2-3-4-5-6-7-8-9-10-11-12-13-14-15-16-17-18-19-20-21-24(26)27-23-22-25/h25H,2-23H2,1H3. The molecule has 0 spiro atoms. The van der Waals surface area contributed by atoms with Crippen molar-refractivity contribution in [2.75, 3.05) is 13.2 Å². The summed E-state index contributed by atoms with van der Waals surface area (Å²) in [7, 11) is 0. The maximum atomic E-state index is 11.3. The Hall–Kier alpha value is -0.570. The Morgan fingerprint density at radius 2 is 0.926 bits per heavy atom. The second-order valence-electron chi connectivity index (χ2n) is 8.06. The summed E-state index contributed by atoms with van der Waals surface area (Å²) in [5.41, 5.74) is 0. The Morgan fingerprint density at radius 3 is 1.26 bits per heavy atom. The van der Waals surface area contributed by atoms with E-state index in [0.717, 1.165) is 12.8 Å². The van der Waals surface area contributed by atoms with Gasteiger partial charge in [-0.15, -0.1) is 0 Å². The molecule has 0 atom stereocenters. The zero-order valence-corrected chi connectivity index (χ0v) is 18.3. The SMILES string of the molecule is CCCCCCCCCCCCCCCCCCCCCC(=O)OCCO. The summed E-state index contributed by atoms with van der Waals surface area (Å²) in [5, 5.41) is 8.57. The van der Waals surface area contributed by atoms with Gasteiger partial charge in [0.05, 0.1) is 6.61 Å². The van der Waals surface area contributed by atoms with Crippen molar-refractivity contribution in [2.24, 2.45) is 0 Å². The van der Waals surface area contributed by atoms with Crippen LogP contribution < -0.4 is 0 Å². The Kier molecular flexibility index (Phi) is 23.0. The minimum absolute atomic E-state index is 0.0784. The number of hydrogen-bond donors (Lipinski definition) is 1. The van der Waals surface area contributed by atoms with Crippen molar-refractivity contribution in [1.82, 2.24) is 0 Å². The molecule has 3 nitrogen and oxygen atoms in total. The Labute approximate surface area is 169 Å². The third-order valence-corrected chi connectivity index (χ3v) is 5.34. The zero-order chi connectivity index (χ0) is 19.8. The van der Waals surface area contributed by atoms with E-state index in [2.05, 4.69) is 6.92 Å². The number of ether oxygens (including phenoxy) is 1. The van der Waals surface area contributed by atoms with Crippen molar-refractivity contribution in [1.29, 1.82) is 0 Å². The Bertz CT molecular complexity index is 291. The quantitative estimate of drug-likeness (QED) is 0.157. The van der Waals surface area contributed by atoms with Crippen LogP contribution in [0.2, 0.25) is 0 Å². The van der Waals surface area contributed by atoms with Gasteiger partial charge in [0, 0.05) is 6.42 Å². The molecule has 0 saturated heterocycles. The summed E-state index contributed by atoms with van der Waals surface area (Å²) in [4.78, 5) is 11.3. The predicted molar refractivity (Wildman–Crippen MR) is 116 cm³/mol. The Balaban J connectivity index is 3.04. The van der Waals surface area contributed by atoms with Gasteiger partial charge < -0.3 is 9.84 Å². The van der Waals surface area contributed by atoms with E-state index in [4.69, 9.17) is 9.84 Å². The van der Waals surface area contributed by atoms with E-state index in [-0.39, 0.29) is 19.2 Å². The molecule has 0 amide bonds. The normalized spacial score (nSPS) is 11.0. The van der Waals surface area contributed by atoms with Crippen molar-refractivity contribution >= 4 is 5.97 Å². The topological polar surface area (TPSA) is 46.5 Å². The van der Waals surface area contributed by atoms with Crippen LogP contribution in [0.25, 0.3) is 0 Å². The van der Waals surface area contributed by atoms with E-state index < -0.39 is 0 Å². The second kappa shape index (κ2) is 23.5. The largest absolute Gasteiger partial charge is 0.463 e. The third-order valence-electron chi connectivity index (χ3n) is 5.34. The molecule has 27 heavy (non-hydrogen) atoms. The van der Waals surface area contributed by atoms with Gasteiger partial charge in [-0.3, -0.25) is 4.79 Å². The number of rotatable bonds is 22. The van der Waals surface area contributed by atoms with Gasteiger partial charge >= 0.3 is 5.97 Å². The average Bonchev–Trinajstić information content (AvgIpc) is 2.68. The first-order valence-corrected chi connectivity index (χ1v) is 12.1. The van der Waals surface area contributed by atoms with Crippen LogP contribution in [-0.4, -0.2) is 24.3 Å². The highest BCUT2D eigenvalue weighted by molar-refractivity contribution is 5.69. The molecule has 1 N–H and O–H groups in total. The van der Waals surface area contributed by atoms with Crippen molar-refractivity contribution in [3.05, 3.63) is 0 Å². The zero-order valence-electron chi connectivity index (χ0n) is 18.3. The van der Waals surface area contributed by atoms with Gasteiger partial charge in [0.2, 0.25) is 0 Å². The lowest BCUT2D eigenvalue weighted by molar-refractivity contribution is -0.144. The van der Waals surface area contributed by atoms with Crippen LogP contribution in [0.1, 0.15) is 135 Å². The van der Waals surface area contributed by atoms with Crippen LogP contribution in [0.15, 0.2) is 0 Å². The van der Waals surface area contributed by atoms with Crippen molar-refractivity contribution in [3.63, 3.8) is 0 Å². The number of unbranched alkanes of at least 4 members (excludes halogenated alkanes) is 18. The lowest BCUT2D eigenvalue weighted by Crippen LogP contribution is -2.07. The number of carbonyl (C=O) groups is 1. The van der Waals surface area contributed by atoms with E-state index in [1.165, 1.54) is 109 Å². The maximum absolute atomic E-state index is 11.3. The summed E-state index contributed by atoms with van der Waals surface area (Å²) >= 11 is 0. The smallest absolute Gasteiger partial charge is 0.305 e. The molecule has 0 aliphatic heterocycles. The second-order valence-corrected chi connectivity index (χ2v) is 8.06. The molecule has 3 heteroatoms. The van der Waals surface area contributed by atoms with Crippen molar-refractivity contribution in [2.45, 2.75) is 135 Å². The molecule has 0 aliphatic carbocycles. The van der Waals surface area contributed by atoms with Crippen LogP contribution in [0.5, 0.6) is 0 Å². The van der Waals surface area contributed by atoms with Crippen LogP contribution in [0.4, 0.5) is 0 Å². The van der Waals surface area contributed by atoms with Gasteiger partial charge in [-0.25, -0.2) is 0 Å². The lowest BCUT2D eigenvalue weighted by Gasteiger charge is -2.04. The number of aliphatic hydroxyl groups is 1. The van der Waals surface area contributed by atoms with Gasteiger partial charge in [-0.1, -0.05) is 122 Å². The van der Waals surface area contributed by atoms with E-state index in [1.54, 1.807) is 0 Å². The van der Waals surface area contributed by atoms with E-state index >= 15 is 0 Å². The molecule has 0 aliphatic rings. The van der Waals surface area contributed by atoms with Crippen LogP contribution >= 0.6 is 0 Å². The molecule has 0 fully saturated rings. The summed E-state index contributed by atoms with van der Waals surface area (Å²) < 4.78 is 4.84. The van der Waals surface area contributed by atoms with E-state index in [0.29, 0.717) is 6.42 Å². The highest BCUT2D eigenvalue weighted by Crippen LogP contribution is 2.14. The van der Waals surface area contributed by atoms with Gasteiger partial charge in [0.25, 0.3) is 0 Å². The van der Waals surface area contributed by atoms with Crippen LogP contribution in [0, 0.1) is 0 Å². The minimum atomic E-state index is -0.170. The summed E-state index contributed by atoms with van der Waals surface area (Å²) in [6.07, 6.45) is 26.3. The number of carbonyl (C=O) groups excluding carboxylic acids is 1. The van der Waals surface area contributed by atoms with E-state index in [1.807, 2.05) is 0 Å². The lowest BCUT2D eigenvalue weighted by atomic mass is 10.0. The molecule has 0 bridgehead atoms. The summed E-state index contributed by atoms with van der Waals surface area (Å²) in [6.45, 7) is 2.34. The molecule has 0 rings (SSSR count). The van der Waals surface area contributed by atoms with Gasteiger partial charge in [0.15, 0.2) is 0 Å². The third kappa shape index (κ3) is 23.4. The Morgan fingerprint density at radius 1 is 0.593 bits per heavy atom. The van der Waals surface area contributed by atoms with Crippen LogP contribution in [-0.2, 0) is 9.53 Å². The first-order chi connectivity index (χ1) is 13.3. The average molecular weight is 385 g/mol. The van der Waals surface area contributed by atoms with Crippen LogP contribution in [0.3, 0.4) is 0 Å². The first-order valence-electron chi connectivity index (χ1n) is 12.1. The fourth-order valence-corrected chi connectivity index (χ4v) is 3.58. The summed E-state index contributed by atoms with van der Waals surface area (Å²) in [6, 6.07) is 0. The fraction of sp³-hybridized carbons (Fsp3) is 0.958. The molecule has 0 heterocycles. The number of hydrogen-bond acceptors (Lipinski definition) is 3. The molecule has 0 unspecified atom stereocenters. The number of esters is 1. The maximum Gasteiger partial charge on any atom is 0.305 e. The van der Waals surface area contributed by atoms with Gasteiger partial charge in [-0.2, -0.15) is 0 Å². The molecule has 0 saturated carbocycles. The van der Waals surface area contributed by atoms with Crippen molar-refractivity contribution < 1.29 is 14.6 Å². The molecular weight excluding hydrogens is 336 g/mol. The molecule has 0 aromatic heterocycles. The minimum Gasteiger partial charge on any atom is -0.463 e. The highest BCUT2D eigenvalue weighted by Gasteiger charge is 2.01. The summed E-state index contributed by atoms with van der Waals surface area (Å²) in [5.74, 6) is -0.170. The first kappa shape index (κ1) is 26.4. The molecule has 0 radical (unpaired) electrons.